The molecule has 4 atom stereocenters. The van der Waals surface area contributed by atoms with Gasteiger partial charge in [-0.2, -0.15) is 0 Å². The molecular formula is C42H66N2O12. The van der Waals surface area contributed by atoms with Gasteiger partial charge in [0.15, 0.2) is 11.5 Å². The number of primary amides is 1. The second-order valence-electron chi connectivity index (χ2n) is 16.7. The van der Waals surface area contributed by atoms with Crippen molar-refractivity contribution in [3.63, 3.8) is 0 Å². The summed E-state index contributed by atoms with van der Waals surface area (Å²) in [5, 5.41) is 0. The van der Waals surface area contributed by atoms with Gasteiger partial charge >= 0.3 is 18.0 Å². The lowest BCUT2D eigenvalue weighted by Gasteiger charge is -2.33. The monoisotopic (exact) mass is 790 g/mol. The van der Waals surface area contributed by atoms with Gasteiger partial charge < -0.3 is 38.9 Å². The van der Waals surface area contributed by atoms with Crippen LogP contribution in [0.15, 0.2) is 30.4 Å². The summed E-state index contributed by atoms with van der Waals surface area (Å²) < 4.78 is 38.6. The molecule has 0 unspecified atom stereocenters. The van der Waals surface area contributed by atoms with E-state index in [2.05, 4.69) is 13.8 Å². The fourth-order valence-corrected chi connectivity index (χ4v) is 6.34. The molecule has 1 aliphatic heterocycles. The molecule has 1 aliphatic rings. The number of carbonyl (C=O) groups is 5. The molecule has 1 aromatic rings. The van der Waals surface area contributed by atoms with Gasteiger partial charge in [0.05, 0.1) is 25.9 Å². The Balaban J connectivity index is 2.32. The van der Waals surface area contributed by atoms with E-state index in [-0.39, 0.29) is 36.7 Å². The minimum atomic E-state index is -0.894. The van der Waals surface area contributed by atoms with Crippen LogP contribution in [0.5, 0.6) is 11.5 Å². The van der Waals surface area contributed by atoms with Crippen LogP contribution < -0.4 is 15.2 Å². The molecule has 0 aromatic heterocycles. The SMILES string of the molecule is COCCCOc1cc(C[C@@H](C[C@H]2[C@H](C[C@H](C(=O)CCC(C)(C)C(N)=O)C(C)C)OCN2C(=O)OCOC(=O)/C=C/C(=O)OC(C)(C)C)C(C)C)ccc1OC. The van der Waals surface area contributed by atoms with E-state index in [0.717, 1.165) is 24.1 Å². The van der Waals surface area contributed by atoms with E-state index in [1.54, 1.807) is 48.8 Å². The number of nitrogens with two attached hydrogens (primary N) is 1. The summed E-state index contributed by atoms with van der Waals surface area (Å²) in [5.74, 6) is -1.05. The van der Waals surface area contributed by atoms with Gasteiger partial charge in [-0.05, 0) is 81.9 Å². The smallest absolute Gasteiger partial charge is 0.414 e. The quantitative estimate of drug-likeness (QED) is 0.0559. The maximum atomic E-state index is 13.7. The summed E-state index contributed by atoms with van der Waals surface area (Å²) in [6.07, 6.45) is 3.30. The molecule has 0 bridgehead atoms. The molecular weight excluding hydrogens is 724 g/mol. The Hall–Kier alpha value is -4.17. The fourth-order valence-electron chi connectivity index (χ4n) is 6.34. The third-order valence-electron chi connectivity index (χ3n) is 9.97. The number of carbonyl (C=O) groups excluding carboxylic acids is 5. The molecule has 1 heterocycles. The molecule has 2 N–H and O–H groups in total. The number of esters is 2. The van der Waals surface area contributed by atoms with Gasteiger partial charge in [-0.25, -0.2) is 14.4 Å². The van der Waals surface area contributed by atoms with Crippen LogP contribution in [0.1, 0.15) is 100.0 Å². The molecule has 316 valence electrons. The number of ether oxygens (including phenoxy) is 7. The first-order valence-corrected chi connectivity index (χ1v) is 19.4. The lowest BCUT2D eigenvalue weighted by molar-refractivity contribution is -0.150. The summed E-state index contributed by atoms with van der Waals surface area (Å²) in [6.45, 7) is 17.0. The highest BCUT2D eigenvalue weighted by atomic mass is 16.7. The van der Waals surface area contributed by atoms with Crippen LogP contribution in [0.2, 0.25) is 0 Å². The summed E-state index contributed by atoms with van der Waals surface area (Å²) in [5.41, 5.74) is 5.03. The van der Waals surface area contributed by atoms with E-state index >= 15 is 0 Å². The van der Waals surface area contributed by atoms with Gasteiger partial charge in [0.25, 0.3) is 0 Å². The molecule has 1 aromatic carbocycles. The van der Waals surface area contributed by atoms with Gasteiger partial charge in [0, 0.05) is 50.0 Å². The van der Waals surface area contributed by atoms with E-state index in [9.17, 15) is 24.0 Å². The van der Waals surface area contributed by atoms with E-state index in [4.69, 9.17) is 38.9 Å². The van der Waals surface area contributed by atoms with Gasteiger partial charge in [-0.1, -0.05) is 47.6 Å². The zero-order chi connectivity index (χ0) is 42.2. The Labute approximate surface area is 333 Å². The topological polar surface area (TPSA) is 179 Å². The summed E-state index contributed by atoms with van der Waals surface area (Å²) >= 11 is 0. The number of hydrogen-bond acceptors (Lipinski definition) is 12. The van der Waals surface area contributed by atoms with Crippen molar-refractivity contribution in [3.05, 3.63) is 35.9 Å². The second-order valence-corrected chi connectivity index (χ2v) is 16.7. The molecule has 0 saturated carbocycles. The Bertz CT molecular complexity index is 1480. The highest BCUT2D eigenvalue weighted by molar-refractivity contribution is 5.91. The Kier molecular flexibility index (Phi) is 19.3. The minimum Gasteiger partial charge on any atom is -0.493 e. The van der Waals surface area contributed by atoms with Crippen LogP contribution in [0.3, 0.4) is 0 Å². The summed E-state index contributed by atoms with van der Waals surface area (Å²) in [4.78, 5) is 64.9. The van der Waals surface area contributed by atoms with Crippen molar-refractivity contribution in [2.24, 2.45) is 34.8 Å². The lowest BCUT2D eigenvalue weighted by atomic mass is 9.78. The number of benzene rings is 1. The van der Waals surface area contributed by atoms with Crippen LogP contribution in [-0.2, 0) is 49.3 Å². The first kappa shape index (κ1) is 48.0. The van der Waals surface area contributed by atoms with Crippen molar-refractivity contribution in [2.45, 2.75) is 119 Å². The molecule has 2 rings (SSSR count). The van der Waals surface area contributed by atoms with E-state index < -0.39 is 59.8 Å². The second kappa shape index (κ2) is 22.5. The standard InChI is InChI=1S/C42H66N2O12/c1-27(2)30(21-29-13-14-34(51-11)36(22-29)52-20-12-19-50-10)23-32-35(24-31(28(3)4)33(45)17-18-42(8,9)39(43)48)53-25-44(32)40(49)55-26-54-37(46)15-16-38(47)56-41(5,6)7/h13-16,22,27-28,30-32,35H,12,17-21,23-26H2,1-11H3,(H2,43,48)/b16-15+/t30-,31-,32-,35-/m0/s1. The van der Waals surface area contributed by atoms with Crippen molar-refractivity contribution in [1.82, 2.24) is 4.90 Å². The van der Waals surface area contributed by atoms with Gasteiger partial charge in [-0.3, -0.25) is 14.5 Å². The van der Waals surface area contributed by atoms with Crippen molar-refractivity contribution in [1.29, 1.82) is 0 Å². The Morgan fingerprint density at radius 1 is 0.911 bits per heavy atom. The normalized spacial score (nSPS) is 17.2. The number of ketones is 1. The predicted molar refractivity (Wildman–Crippen MR) is 210 cm³/mol. The summed E-state index contributed by atoms with van der Waals surface area (Å²) in [7, 11) is 3.24. The molecule has 0 aliphatic carbocycles. The molecule has 14 heteroatoms. The van der Waals surface area contributed by atoms with Crippen LogP contribution in [-0.4, -0.2) is 93.3 Å². The van der Waals surface area contributed by atoms with E-state index in [1.807, 2.05) is 32.0 Å². The zero-order valence-electron chi connectivity index (χ0n) is 35.3. The highest BCUT2D eigenvalue weighted by Crippen LogP contribution is 2.36. The molecule has 1 fully saturated rings. The Morgan fingerprint density at radius 2 is 1.59 bits per heavy atom. The third kappa shape index (κ3) is 16.1. The average Bonchev–Trinajstić information content (AvgIpc) is 3.51. The molecule has 0 spiro atoms. The molecule has 56 heavy (non-hydrogen) atoms. The maximum Gasteiger partial charge on any atom is 0.414 e. The predicted octanol–water partition coefficient (Wildman–Crippen LogP) is 6.40. The van der Waals surface area contributed by atoms with Crippen molar-refractivity contribution in [2.75, 3.05) is 41.0 Å². The Morgan fingerprint density at radius 3 is 2.18 bits per heavy atom. The largest absolute Gasteiger partial charge is 0.493 e. The average molecular weight is 791 g/mol. The highest BCUT2D eigenvalue weighted by Gasteiger charge is 2.43. The molecule has 0 radical (unpaired) electrons. The summed E-state index contributed by atoms with van der Waals surface area (Å²) in [6, 6.07) is 5.36. The van der Waals surface area contributed by atoms with Crippen LogP contribution in [0.4, 0.5) is 4.79 Å². The van der Waals surface area contributed by atoms with E-state index in [0.29, 0.717) is 50.4 Å². The molecule has 1 saturated heterocycles. The number of Topliss-reactive ketones (excluding diaryl/α,β-unsaturated/α-hetero) is 1. The number of nitrogens with zero attached hydrogens (tertiary/aromatic N) is 1. The van der Waals surface area contributed by atoms with Gasteiger partial charge in [-0.15, -0.1) is 0 Å². The van der Waals surface area contributed by atoms with Crippen molar-refractivity contribution < 1.29 is 57.1 Å². The first-order chi connectivity index (χ1) is 26.2. The minimum absolute atomic E-state index is 0.000668. The van der Waals surface area contributed by atoms with Crippen LogP contribution in [0.25, 0.3) is 0 Å². The zero-order valence-corrected chi connectivity index (χ0v) is 35.3. The van der Waals surface area contributed by atoms with E-state index in [1.165, 1.54) is 4.90 Å². The third-order valence-corrected chi connectivity index (χ3v) is 9.97. The van der Waals surface area contributed by atoms with Crippen LogP contribution in [0, 0.1) is 29.1 Å². The van der Waals surface area contributed by atoms with Crippen molar-refractivity contribution in [3.8, 4) is 11.5 Å². The first-order valence-electron chi connectivity index (χ1n) is 19.4. The maximum absolute atomic E-state index is 13.7. The fraction of sp³-hybridized carbons (Fsp3) is 0.690. The van der Waals surface area contributed by atoms with Gasteiger partial charge in [0.2, 0.25) is 12.7 Å². The van der Waals surface area contributed by atoms with Crippen molar-refractivity contribution >= 4 is 29.7 Å². The lowest BCUT2D eigenvalue weighted by Crippen LogP contribution is -2.43. The number of amides is 2. The molecule has 2 amide bonds. The number of rotatable bonds is 23. The number of methoxy groups -OCH3 is 2. The molecule has 14 nitrogen and oxygen atoms in total. The number of hydrogen-bond donors (Lipinski definition) is 1. The van der Waals surface area contributed by atoms with Gasteiger partial charge in [0.1, 0.15) is 18.1 Å². The van der Waals surface area contributed by atoms with Crippen LogP contribution >= 0.6 is 0 Å².